The Balaban J connectivity index is 1.89. The first-order chi connectivity index (χ1) is 13.2. The molecule has 0 aliphatic rings. The number of fused-ring (bicyclic) bond motifs is 3. The molecule has 27 heavy (non-hydrogen) atoms. The van der Waals surface area contributed by atoms with Crippen molar-refractivity contribution in [1.82, 2.24) is 24.7 Å². The Morgan fingerprint density at radius 2 is 1.89 bits per heavy atom. The van der Waals surface area contributed by atoms with Crippen LogP contribution in [0, 0.1) is 5.92 Å². The van der Waals surface area contributed by atoms with Gasteiger partial charge in [0.2, 0.25) is 0 Å². The molecule has 4 aromatic rings. The number of nitrogens with zero attached hydrogens (tertiary/aromatic N) is 4. The summed E-state index contributed by atoms with van der Waals surface area (Å²) < 4.78 is 2.17. The van der Waals surface area contributed by atoms with Gasteiger partial charge in [0.25, 0.3) is 0 Å². The molecule has 1 aromatic carbocycles. The van der Waals surface area contributed by atoms with Gasteiger partial charge in [-0.3, -0.25) is 9.38 Å². The fraction of sp³-hybridized carbons (Fsp3) is 0.286. The molecule has 0 spiro atoms. The highest BCUT2D eigenvalue weighted by Crippen LogP contribution is 2.28. The number of hydrogen-bond acceptors (Lipinski definition) is 5. The van der Waals surface area contributed by atoms with Crippen molar-refractivity contribution in [2.75, 3.05) is 18.9 Å². The van der Waals surface area contributed by atoms with E-state index in [1.54, 1.807) is 0 Å². The Morgan fingerprint density at radius 3 is 2.63 bits per heavy atom. The van der Waals surface area contributed by atoms with Crippen molar-refractivity contribution in [1.29, 1.82) is 0 Å². The van der Waals surface area contributed by atoms with Gasteiger partial charge < -0.3 is 10.6 Å². The highest BCUT2D eigenvalue weighted by molar-refractivity contribution is 5.86. The van der Waals surface area contributed by atoms with Gasteiger partial charge in [0.1, 0.15) is 0 Å². The number of pyridine rings is 1. The van der Waals surface area contributed by atoms with Crippen molar-refractivity contribution >= 4 is 22.5 Å². The van der Waals surface area contributed by atoms with Crippen molar-refractivity contribution in [2.45, 2.75) is 20.4 Å². The van der Waals surface area contributed by atoms with E-state index in [1.807, 2.05) is 43.7 Å². The lowest BCUT2D eigenvalue weighted by atomic mass is 10.2. The van der Waals surface area contributed by atoms with E-state index >= 15 is 0 Å². The van der Waals surface area contributed by atoms with Crippen molar-refractivity contribution in [2.24, 2.45) is 5.92 Å². The lowest BCUT2D eigenvalue weighted by Crippen LogP contribution is -2.11. The van der Waals surface area contributed by atoms with Crippen LogP contribution in [-0.2, 0) is 6.54 Å². The first kappa shape index (κ1) is 17.4. The maximum absolute atomic E-state index is 4.80. The van der Waals surface area contributed by atoms with Gasteiger partial charge in [-0.25, -0.2) is 9.97 Å². The Hall–Kier alpha value is -2.99. The summed E-state index contributed by atoms with van der Waals surface area (Å²) in [5.41, 5.74) is 5.88. The second-order valence-electron chi connectivity index (χ2n) is 7.09. The van der Waals surface area contributed by atoms with Crippen LogP contribution in [0.1, 0.15) is 19.5 Å². The zero-order chi connectivity index (χ0) is 18.8. The predicted octanol–water partition coefficient (Wildman–Crippen LogP) is 3.73. The molecule has 0 amide bonds. The quantitative estimate of drug-likeness (QED) is 0.548. The van der Waals surface area contributed by atoms with Gasteiger partial charge in [0, 0.05) is 24.8 Å². The Morgan fingerprint density at radius 1 is 1.04 bits per heavy atom. The molecule has 0 fully saturated rings. The standard InChI is InChI=1S/C21H24N6/c1-14(2)10-24-20-21-25-13-19(15-8-9-16(12-22-3)23-11-15)27(21)18-7-5-4-6-17(18)26-20/h4-9,11,13-14,22H,10,12H2,1-3H3,(H,24,26). The van der Waals surface area contributed by atoms with Gasteiger partial charge in [0.15, 0.2) is 11.5 Å². The number of para-hydroxylation sites is 2. The maximum Gasteiger partial charge on any atom is 0.181 e. The summed E-state index contributed by atoms with van der Waals surface area (Å²) in [7, 11) is 1.92. The fourth-order valence-electron chi connectivity index (χ4n) is 3.17. The Labute approximate surface area is 158 Å². The molecule has 0 saturated heterocycles. The third-order valence-electron chi connectivity index (χ3n) is 4.48. The molecule has 0 unspecified atom stereocenters. The second kappa shape index (κ2) is 7.32. The van der Waals surface area contributed by atoms with Gasteiger partial charge in [-0.05, 0) is 37.2 Å². The summed E-state index contributed by atoms with van der Waals surface area (Å²) in [6.45, 7) is 5.97. The molecule has 4 rings (SSSR count). The van der Waals surface area contributed by atoms with Crippen molar-refractivity contribution in [3.8, 4) is 11.3 Å². The smallest absolute Gasteiger partial charge is 0.181 e. The highest BCUT2D eigenvalue weighted by Gasteiger charge is 2.15. The SMILES string of the molecule is CNCc1ccc(-c2cnc3c(NCC(C)C)nc4ccccc4n23)cn1. The number of rotatable bonds is 6. The number of hydrogen-bond donors (Lipinski definition) is 2. The molecule has 0 aliphatic carbocycles. The molecular weight excluding hydrogens is 336 g/mol. The minimum atomic E-state index is 0.525. The number of anilines is 1. The molecule has 0 radical (unpaired) electrons. The largest absolute Gasteiger partial charge is 0.367 e. The van der Waals surface area contributed by atoms with E-state index in [-0.39, 0.29) is 0 Å². The molecule has 6 heteroatoms. The van der Waals surface area contributed by atoms with Crippen LogP contribution in [0.25, 0.3) is 27.9 Å². The van der Waals surface area contributed by atoms with Gasteiger partial charge in [-0.2, -0.15) is 0 Å². The molecule has 0 saturated carbocycles. The van der Waals surface area contributed by atoms with Crippen molar-refractivity contribution in [3.05, 3.63) is 54.5 Å². The highest BCUT2D eigenvalue weighted by atomic mass is 15.1. The average Bonchev–Trinajstić information content (AvgIpc) is 3.12. The minimum absolute atomic E-state index is 0.525. The summed E-state index contributed by atoms with van der Waals surface area (Å²) >= 11 is 0. The number of benzene rings is 1. The minimum Gasteiger partial charge on any atom is -0.367 e. The van der Waals surface area contributed by atoms with E-state index in [0.717, 1.165) is 52.5 Å². The van der Waals surface area contributed by atoms with E-state index in [4.69, 9.17) is 4.98 Å². The summed E-state index contributed by atoms with van der Waals surface area (Å²) in [6, 6.07) is 12.3. The Bertz CT molecular complexity index is 1070. The number of aromatic nitrogens is 4. The first-order valence-electron chi connectivity index (χ1n) is 9.27. The van der Waals surface area contributed by atoms with Crippen LogP contribution < -0.4 is 10.6 Å². The zero-order valence-electron chi connectivity index (χ0n) is 15.9. The molecular formula is C21H24N6. The van der Waals surface area contributed by atoms with E-state index in [9.17, 15) is 0 Å². The van der Waals surface area contributed by atoms with Gasteiger partial charge in [-0.1, -0.05) is 26.0 Å². The third-order valence-corrected chi connectivity index (χ3v) is 4.48. The molecule has 0 bridgehead atoms. The zero-order valence-corrected chi connectivity index (χ0v) is 15.9. The van der Waals surface area contributed by atoms with Crippen LogP contribution in [0.15, 0.2) is 48.8 Å². The Kier molecular flexibility index (Phi) is 4.73. The van der Waals surface area contributed by atoms with Crippen molar-refractivity contribution in [3.63, 3.8) is 0 Å². The molecule has 2 N–H and O–H groups in total. The lowest BCUT2D eigenvalue weighted by molar-refractivity contribution is 0.687. The molecule has 0 atom stereocenters. The molecule has 3 aromatic heterocycles. The van der Waals surface area contributed by atoms with Crippen LogP contribution in [-0.4, -0.2) is 32.9 Å². The van der Waals surface area contributed by atoms with Crippen LogP contribution in [0.5, 0.6) is 0 Å². The average molecular weight is 360 g/mol. The lowest BCUT2D eigenvalue weighted by Gasteiger charge is -2.12. The van der Waals surface area contributed by atoms with E-state index in [2.05, 4.69) is 51.0 Å². The number of nitrogens with one attached hydrogen (secondary N) is 2. The summed E-state index contributed by atoms with van der Waals surface area (Å²) in [4.78, 5) is 14.0. The van der Waals surface area contributed by atoms with Crippen LogP contribution in [0.4, 0.5) is 5.82 Å². The van der Waals surface area contributed by atoms with Gasteiger partial charge in [0.05, 0.1) is 28.6 Å². The van der Waals surface area contributed by atoms with Crippen LogP contribution in [0.3, 0.4) is 0 Å². The van der Waals surface area contributed by atoms with Crippen LogP contribution >= 0.6 is 0 Å². The summed E-state index contributed by atoms with van der Waals surface area (Å²) in [6.07, 6.45) is 3.81. The molecule has 3 heterocycles. The molecule has 138 valence electrons. The maximum atomic E-state index is 4.80. The van der Waals surface area contributed by atoms with E-state index < -0.39 is 0 Å². The van der Waals surface area contributed by atoms with Gasteiger partial charge in [-0.15, -0.1) is 0 Å². The topological polar surface area (TPSA) is 67.1 Å². The van der Waals surface area contributed by atoms with E-state index in [0.29, 0.717) is 5.92 Å². The predicted molar refractivity (Wildman–Crippen MR) is 110 cm³/mol. The first-order valence-corrected chi connectivity index (χ1v) is 9.27. The molecule has 0 aliphatic heterocycles. The third kappa shape index (κ3) is 3.36. The van der Waals surface area contributed by atoms with Crippen molar-refractivity contribution < 1.29 is 0 Å². The monoisotopic (exact) mass is 360 g/mol. The van der Waals surface area contributed by atoms with E-state index in [1.165, 1.54) is 0 Å². The summed E-state index contributed by atoms with van der Waals surface area (Å²) in [5, 5.41) is 6.58. The van der Waals surface area contributed by atoms with Crippen LogP contribution in [0.2, 0.25) is 0 Å². The number of imidazole rings is 1. The second-order valence-corrected chi connectivity index (χ2v) is 7.09. The normalized spacial score (nSPS) is 11.6. The fourth-order valence-corrected chi connectivity index (χ4v) is 3.17. The van der Waals surface area contributed by atoms with Gasteiger partial charge >= 0.3 is 0 Å². The molecule has 6 nitrogen and oxygen atoms in total. The summed E-state index contributed by atoms with van der Waals surface area (Å²) in [5.74, 6) is 1.34.